The van der Waals surface area contributed by atoms with Crippen molar-refractivity contribution in [3.8, 4) is 0 Å². The monoisotopic (exact) mass is 273 g/mol. The fourth-order valence-electron chi connectivity index (χ4n) is 2.20. The SMILES string of the molecule is FC(F)(F)COCCN1CCCC1CCCCl. The van der Waals surface area contributed by atoms with E-state index in [4.69, 9.17) is 11.6 Å². The maximum absolute atomic E-state index is 11.8. The van der Waals surface area contributed by atoms with Crippen LogP contribution in [0.3, 0.4) is 0 Å². The highest BCUT2D eigenvalue weighted by molar-refractivity contribution is 6.17. The normalized spacial score (nSPS) is 22.2. The molecule has 1 aliphatic rings. The lowest BCUT2D eigenvalue weighted by atomic mass is 10.1. The van der Waals surface area contributed by atoms with Gasteiger partial charge >= 0.3 is 6.18 Å². The quantitative estimate of drug-likeness (QED) is 0.522. The van der Waals surface area contributed by atoms with Gasteiger partial charge in [0.25, 0.3) is 0 Å². The molecule has 0 aromatic carbocycles. The standard InChI is InChI=1S/C11H19ClF3NO/c12-5-1-3-10-4-2-6-16(10)7-8-17-9-11(13,14)15/h10H,1-9H2. The number of ether oxygens (including phenoxy) is 1. The summed E-state index contributed by atoms with van der Waals surface area (Å²) in [6, 6.07) is 0.475. The minimum absolute atomic E-state index is 0.150. The third-order valence-corrected chi connectivity index (χ3v) is 3.23. The minimum atomic E-state index is -4.22. The van der Waals surface area contributed by atoms with Crippen LogP contribution in [0.25, 0.3) is 0 Å². The first-order chi connectivity index (χ1) is 8.03. The van der Waals surface area contributed by atoms with Crippen LogP contribution in [0.1, 0.15) is 25.7 Å². The van der Waals surface area contributed by atoms with E-state index >= 15 is 0 Å². The number of rotatable bonds is 7. The molecule has 0 aromatic heterocycles. The summed E-state index contributed by atoms with van der Waals surface area (Å²) in [5.41, 5.74) is 0. The van der Waals surface area contributed by atoms with E-state index in [0.29, 0.717) is 18.5 Å². The van der Waals surface area contributed by atoms with Crippen molar-refractivity contribution in [3.63, 3.8) is 0 Å². The van der Waals surface area contributed by atoms with Crippen LogP contribution >= 0.6 is 11.6 Å². The van der Waals surface area contributed by atoms with Gasteiger partial charge < -0.3 is 4.74 Å². The zero-order valence-electron chi connectivity index (χ0n) is 9.81. The Morgan fingerprint density at radius 2 is 2.12 bits per heavy atom. The summed E-state index contributed by atoms with van der Waals surface area (Å²) in [5, 5.41) is 0. The molecule has 0 amide bonds. The second-order valence-corrected chi connectivity index (χ2v) is 4.71. The summed E-state index contributed by atoms with van der Waals surface area (Å²) >= 11 is 5.64. The molecule has 1 atom stereocenters. The molecule has 1 saturated heterocycles. The second kappa shape index (κ2) is 7.44. The van der Waals surface area contributed by atoms with Gasteiger partial charge in [-0.15, -0.1) is 11.6 Å². The first-order valence-corrected chi connectivity index (χ1v) is 6.51. The molecular formula is C11H19ClF3NO. The van der Waals surface area contributed by atoms with Gasteiger partial charge in [0.15, 0.2) is 0 Å². The Hall–Kier alpha value is 0. The summed E-state index contributed by atoms with van der Waals surface area (Å²) in [6.45, 7) is 0.551. The average Bonchev–Trinajstić information content (AvgIpc) is 2.67. The van der Waals surface area contributed by atoms with Crippen molar-refractivity contribution in [1.29, 1.82) is 0 Å². The van der Waals surface area contributed by atoms with E-state index in [0.717, 1.165) is 32.2 Å². The number of nitrogens with zero attached hydrogens (tertiary/aromatic N) is 1. The molecule has 0 aromatic rings. The van der Waals surface area contributed by atoms with Crippen LogP contribution in [0.5, 0.6) is 0 Å². The van der Waals surface area contributed by atoms with Crippen molar-refractivity contribution >= 4 is 11.6 Å². The van der Waals surface area contributed by atoms with E-state index in [1.165, 1.54) is 0 Å². The number of hydrogen-bond acceptors (Lipinski definition) is 2. The molecule has 0 spiro atoms. The summed E-state index contributed by atoms with van der Waals surface area (Å²) in [6.07, 6.45) is 0.0142. The summed E-state index contributed by atoms with van der Waals surface area (Å²) in [5.74, 6) is 0.648. The van der Waals surface area contributed by atoms with E-state index in [2.05, 4.69) is 9.64 Å². The Bertz CT molecular complexity index is 213. The molecular weight excluding hydrogens is 255 g/mol. The second-order valence-electron chi connectivity index (χ2n) is 4.33. The van der Waals surface area contributed by atoms with Gasteiger partial charge in [-0.25, -0.2) is 0 Å². The Morgan fingerprint density at radius 3 is 2.76 bits per heavy atom. The molecule has 0 radical (unpaired) electrons. The van der Waals surface area contributed by atoms with Gasteiger partial charge in [0.05, 0.1) is 6.61 Å². The molecule has 0 saturated carbocycles. The molecule has 0 N–H and O–H groups in total. The van der Waals surface area contributed by atoms with E-state index in [9.17, 15) is 13.2 Å². The van der Waals surface area contributed by atoms with E-state index in [-0.39, 0.29) is 6.61 Å². The van der Waals surface area contributed by atoms with Crippen LogP contribution in [-0.2, 0) is 4.74 Å². The van der Waals surface area contributed by atoms with Crippen molar-refractivity contribution in [3.05, 3.63) is 0 Å². The van der Waals surface area contributed by atoms with E-state index < -0.39 is 12.8 Å². The average molecular weight is 274 g/mol. The Labute approximate surface area is 105 Å². The van der Waals surface area contributed by atoms with Gasteiger partial charge in [-0.3, -0.25) is 4.90 Å². The van der Waals surface area contributed by atoms with Crippen molar-refractivity contribution in [2.24, 2.45) is 0 Å². The lowest BCUT2D eigenvalue weighted by Gasteiger charge is -2.24. The van der Waals surface area contributed by atoms with Gasteiger partial charge in [-0.05, 0) is 32.2 Å². The molecule has 0 aliphatic carbocycles. The summed E-state index contributed by atoms with van der Waals surface area (Å²) < 4.78 is 40.2. The summed E-state index contributed by atoms with van der Waals surface area (Å²) in [7, 11) is 0. The fourth-order valence-corrected chi connectivity index (χ4v) is 2.35. The molecule has 102 valence electrons. The first kappa shape index (κ1) is 15.1. The van der Waals surface area contributed by atoms with Gasteiger partial charge in [-0.1, -0.05) is 0 Å². The fraction of sp³-hybridized carbons (Fsp3) is 1.00. The van der Waals surface area contributed by atoms with Gasteiger partial charge in [-0.2, -0.15) is 13.2 Å². The number of hydrogen-bond donors (Lipinski definition) is 0. The predicted octanol–water partition coefficient (Wildman–Crippen LogP) is 3.05. The zero-order valence-corrected chi connectivity index (χ0v) is 10.6. The maximum Gasteiger partial charge on any atom is 0.411 e. The first-order valence-electron chi connectivity index (χ1n) is 5.97. The molecule has 1 aliphatic heterocycles. The number of likely N-dealkylation sites (tertiary alicyclic amines) is 1. The van der Waals surface area contributed by atoms with E-state index in [1.807, 2.05) is 0 Å². The van der Waals surface area contributed by atoms with Crippen LogP contribution in [-0.4, -0.2) is 49.3 Å². The lowest BCUT2D eigenvalue weighted by Crippen LogP contribution is -2.33. The molecule has 1 unspecified atom stereocenters. The molecule has 1 heterocycles. The van der Waals surface area contributed by atoms with Gasteiger partial charge in [0.2, 0.25) is 0 Å². The number of alkyl halides is 4. The van der Waals surface area contributed by atoms with Crippen molar-refractivity contribution in [2.45, 2.75) is 37.9 Å². The van der Waals surface area contributed by atoms with Crippen molar-refractivity contribution in [2.75, 3.05) is 32.2 Å². The highest BCUT2D eigenvalue weighted by atomic mass is 35.5. The smallest absolute Gasteiger partial charge is 0.371 e. The Balaban J connectivity index is 2.13. The van der Waals surface area contributed by atoms with Crippen molar-refractivity contribution in [1.82, 2.24) is 4.90 Å². The predicted molar refractivity (Wildman–Crippen MR) is 61.4 cm³/mol. The molecule has 6 heteroatoms. The highest BCUT2D eigenvalue weighted by Gasteiger charge is 2.28. The minimum Gasteiger partial charge on any atom is -0.371 e. The van der Waals surface area contributed by atoms with Gasteiger partial charge in [0.1, 0.15) is 6.61 Å². The Morgan fingerprint density at radius 1 is 1.35 bits per heavy atom. The Kier molecular flexibility index (Phi) is 6.59. The van der Waals surface area contributed by atoms with Crippen LogP contribution in [0.4, 0.5) is 13.2 Å². The van der Waals surface area contributed by atoms with Gasteiger partial charge in [0, 0.05) is 18.5 Å². The molecule has 2 nitrogen and oxygen atoms in total. The topological polar surface area (TPSA) is 12.5 Å². The van der Waals surface area contributed by atoms with Crippen LogP contribution in [0.15, 0.2) is 0 Å². The zero-order chi connectivity index (χ0) is 12.7. The van der Waals surface area contributed by atoms with Crippen LogP contribution in [0.2, 0.25) is 0 Å². The highest BCUT2D eigenvalue weighted by Crippen LogP contribution is 2.21. The molecule has 17 heavy (non-hydrogen) atoms. The third kappa shape index (κ3) is 6.48. The lowest BCUT2D eigenvalue weighted by molar-refractivity contribution is -0.174. The molecule has 1 rings (SSSR count). The largest absolute Gasteiger partial charge is 0.411 e. The molecule has 1 fully saturated rings. The summed E-state index contributed by atoms with van der Waals surface area (Å²) in [4.78, 5) is 2.21. The maximum atomic E-state index is 11.8. The third-order valence-electron chi connectivity index (χ3n) is 2.96. The van der Waals surface area contributed by atoms with Crippen LogP contribution < -0.4 is 0 Å². The van der Waals surface area contributed by atoms with Crippen LogP contribution in [0, 0.1) is 0 Å². The number of halogens is 4. The van der Waals surface area contributed by atoms with Crippen molar-refractivity contribution < 1.29 is 17.9 Å². The van der Waals surface area contributed by atoms with E-state index in [1.54, 1.807) is 0 Å². The molecule has 0 bridgehead atoms.